The molecule has 62 valence electrons. The molecule has 10 heavy (non-hydrogen) atoms. The highest BCUT2D eigenvalue weighted by molar-refractivity contribution is 7.55. The first-order valence-electron chi connectivity index (χ1n) is 2.61. The third-order valence-electron chi connectivity index (χ3n) is 1.35. The van der Waals surface area contributed by atoms with Crippen molar-refractivity contribution in [2.75, 3.05) is 14.1 Å². The Balaban J connectivity index is 4.58. The van der Waals surface area contributed by atoms with Crippen molar-refractivity contribution in [1.29, 1.82) is 0 Å². The van der Waals surface area contributed by atoms with Crippen molar-refractivity contribution in [3.05, 3.63) is 0 Å². The molecule has 4 nitrogen and oxygen atoms in total. The average Bonchev–Trinajstić information content (AvgIpc) is 1.62. The largest absolute Gasteiger partial charge is 0.360 e. The van der Waals surface area contributed by atoms with Crippen molar-refractivity contribution < 1.29 is 14.4 Å². The molecule has 0 aliphatic carbocycles. The summed E-state index contributed by atoms with van der Waals surface area (Å²) in [5.41, 5.74) is 0. The lowest BCUT2D eigenvalue weighted by Crippen LogP contribution is -2.35. The van der Waals surface area contributed by atoms with Crippen LogP contribution in [-0.2, 0) is 4.57 Å². The van der Waals surface area contributed by atoms with E-state index in [1.165, 1.54) is 25.9 Å². The van der Waals surface area contributed by atoms with Crippen LogP contribution in [0.3, 0.4) is 0 Å². The summed E-state index contributed by atoms with van der Waals surface area (Å²) in [7, 11) is -1.22. The quantitative estimate of drug-likeness (QED) is 0.378. The van der Waals surface area contributed by atoms with E-state index >= 15 is 0 Å². The maximum atomic E-state index is 10.6. The van der Waals surface area contributed by atoms with Crippen LogP contribution in [0.1, 0.15) is 6.92 Å². The van der Waals surface area contributed by atoms with Crippen molar-refractivity contribution in [3.63, 3.8) is 0 Å². The van der Waals surface area contributed by atoms with Gasteiger partial charge in [-0.25, -0.2) is 0 Å². The normalized spacial score (nSPS) is 19.1. The molecule has 0 aliphatic heterocycles. The maximum absolute atomic E-state index is 10.6. The molecule has 0 rings (SSSR count). The Bertz CT molecular complexity index is 164. The molecule has 0 fully saturated rings. The summed E-state index contributed by atoms with van der Waals surface area (Å²) < 4.78 is 9.02. The minimum absolute atomic E-state index is 1.27. The first-order valence-corrected chi connectivity index (χ1v) is 4.60. The Labute approximate surface area is 64.9 Å². The van der Waals surface area contributed by atoms with Gasteiger partial charge in [0.05, 0.1) is 0 Å². The van der Waals surface area contributed by atoms with E-state index in [-0.39, 0.29) is 0 Å². The molecule has 0 spiro atoms. The first kappa shape index (κ1) is 10.4. The number of halogens is 1. The number of rotatable bonds is 2. The van der Waals surface area contributed by atoms with E-state index in [4.69, 9.17) is 21.4 Å². The van der Waals surface area contributed by atoms with Gasteiger partial charge in [0.15, 0.2) is 4.74 Å². The molecule has 0 heterocycles. The Hall–Kier alpha value is 0.400. The van der Waals surface area contributed by atoms with Crippen LogP contribution < -0.4 is 0 Å². The second-order valence-corrected chi connectivity index (χ2v) is 5.30. The zero-order valence-corrected chi connectivity index (χ0v) is 7.73. The van der Waals surface area contributed by atoms with E-state index in [1.807, 2.05) is 0 Å². The molecular weight excluding hydrogens is 176 g/mol. The van der Waals surface area contributed by atoms with Crippen molar-refractivity contribution in [1.82, 2.24) is 4.90 Å². The summed E-state index contributed by atoms with van der Waals surface area (Å²) in [6.07, 6.45) is 0. The molecule has 0 aromatic heterocycles. The van der Waals surface area contributed by atoms with Crippen LogP contribution in [0.5, 0.6) is 0 Å². The van der Waals surface area contributed by atoms with E-state index in [9.17, 15) is 4.57 Å². The molecule has 0 aromatic carbocycles. The highest BCUT2D eigenvalue weighted by atomic mass is 35.5. The van der Waals surface area contributed by atoms with Gasteiger partial charge in [0, 0.05) is 0 Å². The highest BCUT2D eigenvalue weighted by Gasteiger charge is 2.42. The number of hydrogen-bond donors (Lipinski definition) is 2. The fraction of sp³-hybridized carbons (Fsp3) is 1.00. The third kappa shape index (κ3) is 1.94. The second kappa shape index (κ2) is 2.80. The average molecular weight is 188 g/mol. The van der Waals surface area contributed by atoms with E-state index in [0.29, 0.717) is 0 Å². The summed E-state index contributed by atoms with van der Waals surface area (Å²) >= 11 is 5.51. The van der Waals surface area contributed by atoms with Crippen LogP contribution in [0.25, 0.3) is 0 Å². The molecule has 0 amide bonds. The summed E-state index contributed by atoms with van der Waals surface area (Å²) in [6.45, 7) is 1.27. The van der Waals surface area contributed by atoms with Crippen LogP contribution in [0.2, 0.25) is 0 Å². The van der Waals surface area contributed by atoms with Crippen LogP contribution >= 0.6 is 19.2 Å². The van der Waals surface area contributed by atoms with Crippen molar-refractivity contribution >= 4 is 19.2 Å². The Kier molecular flexibility index (Phi) is 2.91. The Morgan fingerprint density at radius 2 is 1.80 bits per heavy atom. The van der Waals surface area contributed by atoms with Crippen LogP contribution in [-0.4, -0.2) is 33.5 Å². The van der Waals surface area contributed by atoms with E-state index < -0.39 is 12.3 Å². The zero-order chi connectivity index (χ0) is 8.58. The van der Waals surface area contributed by atoms with Gasteiger partial charge < -0.3 is 9.79 Å². The van der Waals surface area contributed by atoms with Crippen LogP contribution in [0.4, 0.5) is 0 Å². The molecule has 1 atom stereocenters. The summed E-state index contributed by atoms with van der Waals surface area (Å²) in [5.74, 6) is 0. The van der Waals surface area contributed by atoms with Gasteiger partial charge >= 0.3 is 7.60 Å². The molecule has 0 bridgehead atoms. The topological polar surface area (TPSA) is 60.8 Å². The van der Waals surface area contributed by atoms with Crippen molar-refractivity contribution in [3.8, 4) is 0 Å². The van der Waals surface area contributed by atoms with Gasteiger partial charge in [-0.2, -0.15) is 0 Å². The molecule has 0 saturated carbocycles. The SMILES string of the molecule is CN(C)C(C)(Cl)P(=O)(O)O. The monoisotopic (exact) mass is 187 g/mol. The fourth-order valence-corrected chi connectivity index (χ4v) is 0.782. The molecule has 2 N–H and O–H groups in total. The molecule has 0 radical (unpaired) electrons. The van der Waals surface area contributed by atoms with Crippen LogP contribution in [0, 0.1) is 0 Å². The zero-order valence-electron chi connectivity index (χ0n) is 6.08. The summed E-state index contributed by atoms with van der Waals surface area (Å²) in [6, 6.07) is 0. The van der Waals surface area contributed by atoms with E-state index in [1.54, 1.807) is 0 Å². The van der Waals surface area contributed by atoms with Gasteiger partial charge in [-0.3, -0.25) is 9.46 Å². The fourth-order valence-electron chi connectivity index (χ4n) is 0.261. The molecule has 1 unspecified atom stereocenters. The number of alkyl halides is 1. The van der Waals surface area contributed by atoms with Gasteiger partial charge in [0.1, 0.15) is 0 Å². The van der Waals surface area contributed by atoms with Gasteiger partial charge in [0.25, 0.3) is 0 Å². The molecule has 6 heteroatoms. The van der Waals surface area contributed by atoms with Gasteiger partial charge in [0.2, 0.25) is 0 Å². The number of hydrogen-bond acceptors (Lipinski definition) is 2. The predicted molar refractivity (Wildman–Crippen MR) is 40.0 cm³/mol. The van der Waals surface area contributed by atoms with Crippen LogP contribution in [0.15, 0.2) is 0 Å². The van der Waals surface area contributed by atoms with Gasteiger partial charge in [-0.1, -0.05) is 11.6 Å². The van der Waals surface area contributed by atoms with Gasteiger partial charge in [-0.05, 0) is 21.0 Å². The Morgan fingerprint density at radius 3 is 1.80 bits per heavy atom. The summed E-state index contributed by atoms with van der Waals surface area (Å²) in [4.78, 5) is 18.6. The summed E-state index contributed by atoms with van der Waals surface area (Å²) in [5, 5.41) is 0. The van der Waals surface area contributed by atoms with E-state index in [0.717, 1.165) is 0 Å². The lowest BCUT2D eigenvalue weighted by atomic mass is 10.7. The third-order valence-corrected chi connectivity index (χ3v) is 3.81. The molecular formula is C4H11ClNO3P. The van der Waals surface area contributed by atoms with Crippen molar-refractivity contribution in [2.24, 2.45) is 0 Å². The lowest BCUT2D eigenvalue weighted by Gasteiger charge is -2.29. The lowest BCUT2D eigenvalue weighted by molar-refractivity contribution is 0.269. The highest BCUT2D eigenvalue weighted by Crippen LogP contribution is 2.53. The van der Waals surface area contributed by atoms with Gasteiger partial charge in [-0.15, -0.1) is 0 Å². The minimum atomic E-state index is -4.23. The van der Waals surface area contributed by atoms with Crippen molar-refractivity contribution in [2.45, 2.75) is 11.7 Å². The maximum Gasteiger partial charge on any atom is 0.360 e. The standard InChI is InChI=1S/C4H11ClNO3P/c1-4(5,6(2)3)10(7,8)9/h1-3H3,(H2,7,8,9). The molecule has 0 saturated heterocycles. The van der Waals surface area contributed by atoms with E-state index in [2.05, 4.69) is 0 Å². The first-order chi connectivity index (χ1) is 4.19. The Morgan fingerprint density at radius 1 is 1.50 bits per heavy atom. The molecule has 0 aromatic rings. The second-order valence-electron chi connectivity index (χ2n) is 2.34. The molecule has 0 aliphatic rings. The predicted octanol–water partition coefficient (Wildman–Crippen LogP) is 0.638. The minimum Gasteiger partial charge on any atom is -0.322 e. The number of nitrogens with zero attached hydrogens (tertiary/aromatic N) is 1. The smallest absolute Gasteiger partial charge is 0.322 e.